The van der Waals surface area contributed by atoms with E-state index in [0.717, 1.165) is 5.56 Å². The zero-order valence-corrected chi connectivity index (χ0v) is 13.6. The third-order valence-electron chi connectivity index (χ3n) is 2.97. The molecule has 23 heavy (non-hydrogen) atoms. The van der Waals surface area contributed by atoms with Crippen molar-refractivity contribution in [3.8, 4) is 5.75 Å². The average molecular weight is 321 g/mol. The highest BCUT2D eigenvalue weighted by Gasteiger charge is 2.25. The Morgan fingerprint density at radius 1 is 1.35 bits per heavy atom. The Bertz CT molecular complexity index is 589. The first kappa shape index (κ1) is 18.5. The van der Waals surface area contributed by atoms with E-state index in [9.17, 15) is 19.8 Å². The number of nitrogens with one attached hydrogen (secondary N) is 1. The third-order valence-corrected chi connectivity index (χ3v) is 2.97. The maximum atomic E-state index is 11.8. The van der Waals surface area contributed by atoms with Crippen molar-refractivity contribution in [1.29, 1.82) is 0 Å². The summed E-state index contributed by atoms with van der Waals surface area (Å²) >= 11 is 0. The highest BCUT2D eigenvalue weighted by atomic mass is 16.6. The largest absolute Gasteiger partial charge is 0.508 e. The second-order valence-electron chi connectivity index (χ2n) is 6.19. The number of phenolic OH excluding ortho intramolecular Hbond substituents is 1. The Morgan fingerprint density at radius 3 is 2.52 bits per heavy atom. The van der Waals surface area contributed by atoms with E-state index >= 15 is 0 Å². The Hall–Kier alpha value is -2.50. The van der Waals surface area contributed by atoms with Crippen LogP contribution in [0.5, 0.6) is 5.75 Å². The third kappa shape index (κ3) is 6.42. The number of aliphatic carboxylic acids is 1. The lowest BCUT2D eigenvalue weighted by Gasteiger charge is -2.22. The molecule has 0 bridgehead atoms. The number of hydrogen-bond acceptors (Lipinski definition) is 4. The van der Waals surface area contributed by atoms with Crippen molar-refractivity contribution in [2.45, 2.75) is 45.3 Å². The van der Waals surface area contributed by atoms with Crippen molar-refractivity contribution in [3.05, 3.63) is 42.0 Å². The lowest BCUT2D eigenvalue weighted by atomic mass is 9.98. The molecule has 1 aromatic carbocycles. The maximum Gasteiger partial charge on any atom is 0.408 e. The van der Waals surface area contributed by atoms with Crippen LogP contribution >= 0.6 is 0 Å². The smallest absolute Gasteiger partial charge is 0.408 e. The van der Waals surface area contributed by atoms with Gasteiger partial charge in [0.15, 0.2) is 0 Å². The monoisotopic (exact) mass is 321 g/mol. The molecule has 0 aliphatic heterocycles. The van der Waals surface area contributed by atoms with Crippen LogP contribution in [0.3, 0.4) is 0 Å². The van der Waals surface area contributed by atoms with Crippen molar-refractivity contribution in [3.63, 3.8) is 0 Å². The molecule has 6 heteroatoms. The molecule has 6 nitrogen and oxygen atoms in total. The molecule has 0 heterocycles. The van der Waals surface area contributed by atoms with Crippen LogP contribution in [0.15, 0.2) is 30.9 Å². The molecule has 0 spiro atoms. The van der Waals surface area contributed by atoms with Crippen LogP contribution in [0.2, 0.25) is 0 Å². The van der Waals surface area contributed by atoms with E-state index in [1.54, 1.807) is 39.0 Å². The van der Waals surface area contributed by atoms with Crippen molar-refractivity contribution in [2.24, 2.45) is 0 Å². The summed E-state index contributed by atoms with van der Waals surface area (Å²) in [6, 6.07) is 3.55. The molecule has 0 saturated carbocycles. The molecule has 0 saturated heterocycles. The molecule has 3 N–H and O–H groups in total. The standard InChI is InChI=1S/C17H23NO5/c1-5-6-11-9-13(19)8-7-12(11)10-14(15(20)21)18-16(22)23-17(2,3)4/h5,7-9,14,19H,1,6,10H2,2-4H3,(H,18,22)(H,20,21)/t14-/m0/s1. The van der Waals surface area contributed by atoms with Gasteiger partial charge in [0.25, 0.3) is 0 Å². The molecule has 126 valence electrons. The number of carbonyl (C=O) groups is 2. The summed E-state index contributed by atoms with van der Waals surface area (Å²) in [4.78, 5) is 23.2. The van der Waals surface area contributed by atoms with Crippen molar-refractivity contribution in [2.75, 3.05) is 0 Å². The van der Waals surface area contributed by atoms with E-state index in [4.69, 9.17) is 4.74 Å². The van der Waals surface area contributed by atoms with Crippen LogP contribution in [0.4, 0.5) is 4.79 Å². The van der Waals surface area contributed by atoms with Crippen LogP contribution in [0.1, 0.15) is 31.9 Å². The van der Waals surface area contributed by atoms with Gasteiger partial charge in [0.05, 0.1) is 0 Å². The number of rotatable bonds is 6. The fraction of sp³-hybridized carbons (Fsp3) is 0.412. The number of hydrogen-bond donors (Lipinski definition) is 3. The number of alkyl carbamates (subject to hydrolysis) is 1. The fourth-order valence-corrected chi connectivity index (χ4v) is 2.03. The predicted octanol–water partition coefficient (Wildman–Crippen LogP) is 2.64. The number of aromatic hydroxyl groups is 1. The van der Waals surface area contributed by atoms with E-state index in [0.29, 0.717) is 12.0 Å². The number of phenols is 1. The predicted molar refractivity (Wildman–Crippen MR) is 86.5 cm³/mol. The quantitative estimate of drug-likeness (QED) is 0.700. The zero-order valence-electron chi connectivity index (χ0n) is 13.6. The molecule has 0 aliphatic rings. The zero-order chi connectivity index (χ0) is 17.6. The molecule has 0 fully saturated rings. The Morgan fingerprint density at radius 2 is 2.00 bits per heavy atom. The molecule has 1 atom stereocenters. The Labute approximate surface area is 135 Å². The normalized spacial score (nSPS) is 12.3. The number of ether oxygens (including phenoxy) is 1. The molecule has 1 amide bonds. The van der Waals surface area contributed by atoms with E-state index in [1.807, 2.05) is 0 Å². The lowest BCUT2D eigenvalue weighted by molar-refractivity contribution is -0.139. The van der Waals surface area contributed by atoms with Gasteiger partial charge < -0.3 is 20.3 Å². The molecule has 1 rings (SSSR count). The molecule has 1 aromatic rings. The Kier molecular flexibility index (Phi) is 6.18. The lowest BCUT2D eigenvalue weighted by Crippen LogP contribution is -2.44. The van der Waals surface area contributed by atoms with Gasteiger partial charge in [-0.25, -0.2) is 9.59 Å². The maximum absolute atomic E-state index is 11.8. The van der Waals surface area contributed by atoms with Gasteiger partial charge in [-0.05, 0) is 50.5 Å². The summed E-state index contributed by atoms with van der Waals surface area (Å²) in [6.45, 7) is 8.74. The fourth-order valence-electron chi connectivity index (χ4n) is 2.03. The number of allylic oxidation sites excluding steroid dienone is 1. The van der Waals surface area contributed by atoms with Gasteiger partial charge in [-0.2, -0.15) is 0 Å². The number of carboxylic acids is 1. The van der Waals surface area contributed by atoms with Crippen LogP contribution in [-0.4, -0.2) is 33.9 Å². The van der Waals surface area contributed by atoms with Crippen LogP contribution in [-0.2, 0) is 22.4 Å². The summed E-state index contributed by atoms with van der Waals surface area (Å²) < 4.78 is 5.08. The first-order valence-electron chi connectivity index (χ1n) is 7.26. The van der Waals surface area contributed by atoms with Gasteiger partial charge in [0.1, 0.15) is 17.4 Å². The van der Waals surface area contributed by atoms with Gasteiger partial charge in [0.2, 0.25) is 0 Å². The van der Waals surface area contributed by atoms with Crippen molar-refractivity contribution < 1.29 is 24.5 Å². The number of benzene rings is 1. The summed E-state index contributed by atoms with van der Waals surface area (Å²) in [6.07, 6.45) is 1.45. The highest BCUT2D eigenvalue weighted by molar-refractivity contribution is 5.80. The summed E-state index contributed by atoms with van der Waals surface area (Å²) in [5.74, 6) is -1.06. The average Bonchev–Trinajstić information content (AvgIpc) is 2.38. The molecular weight excluding hydrogens is 298 g/mol. The molecule has 0 aliphatic carbocycles. The SMILES string of the molecule is C=CCc1cc(O)ccc1C[C@H](NC(=O)OC(C)(C)C)C(=O)O. The van der Waals surface area contributed by atoms with Crippen LogP contribution in [0, 0.1) is 0 Å². The van der Waals surface area contributed by atoms with E-state index in [-0.39, 0.29) is 12.2 Å². The first-order chi connectivity index (χ1) is 10.6. The van der Waals surface area contributed by atoms with Gasteiger partial charge in [-0.1, -0.05) is 12.1 Å². The second kappa shape index (κ2) is 7.67. The van der Waals surface area contributed by atoms with Gasteiger partial charge in [-0.3, -0.25) is 0 Å². The van der Waals surface area contributed by atoms with Crippen molar-refractivity contribution in [1.82, 2.24) is 5.32 Å². The van der Waals surface area contributed by atoms with E-state index in [2.05, 4.69) is 11.9 Å². The van der Waals surface area contributed by atoms with Gasteiger partial charge in [-0.15, -0.1) is 6.58 Å². The summed E-state index contributed by atoms with van der Waals surface area (Å²) in [7, 11) is 0. The van der Waals surface area contributed by atoms with Crippen LogP contribution < -0.4 is 5.32 Å². The summed E-state index contributed by atoms with van der Waals surface area (Å²) in [5.41, 5.74) is 0.767. The minimum absolute atomic E-state index is 0.0814. The van der Waals surface area contributed by atoms with Crippen LogP contribution in [0.25, 0.3) is 0 Å². The minimum atomic E-state index is -1.16. The van der Waals surface area contributed by atoms with Gasteiger partial charge >= 0.3 is 12.1 Å². The molecule has 0 radical (unpaired) electrons. The molecule has 0 unspecified atom stereocenters. The first-order valence-corrected chi connectivity index (χ1v) is 7.26. The minimum Gasteiger partial charge on any atom is -0.508 e. The van der Waals surface area contributed by atoms with Gasteiger partial charge in [0, 0.05) is 6.42 Å². The molecule has 0 aromatic heterocycles. The highest BCUT2D eigenvalue weighted by Crippen LogP contribution is 2.19. The second-order valence-corrected chi connectivity index (χ2v) is 6.19. The molecular formula is C17H23NO5. The number of amides is 1. The topological polar surface area (TPSA) is 95.9 Å². The number of carboxylic acid groups (broad SMARTS) is 1. The van der Waals surface area contributed by atoms with E-state index < -0.39 is 23.7 Å². The number of carbonyl (C=O) groups excluding carboxylic acids is 1. The van der Waals surface area contributed by atoms with Crippen molar-refractivity contribution >= 4 is 12.1 Å². The summed E-state index contributed by atoms with van der Waals surface area (Å²) in [5, 5.41) is 21.2. The Balaban J connectivity index is 2.90. The van der Waals surface area contributed by atoms with E-state index in [1.165, 1.54) is 6.07 Å².